The van der Waals surface area contributed by atoms with Crippen molar-refractivity contribution in [3.8, 4) is 0 Å². The van der Waals surface area contributed by atoms with E-state index in [2.05, 4.69) is 5.32 Å². The van der Waals surface area contributed by atoms with Gasteiger partial charge >= 0.3 is 0 Å². The Balaban J connectivity index is 2.25. The van der Waals surface area contributed by atoms with Crippen LogP contribution in [-0.2, 0) is 11.2 Å². The van der Waals surface area contributed by atoms with E-state index in [1.54, 1.807) is 6.07 Å². The maximum absolute atomic E-state index is 13.1. The zero-order valence-electron chi connectivity index (χ0n) is 8.82. The molecule has 2 atom stereocenters. The number of amides is 1. The zero-order chi connectivity index (χ0) is 11.5. The van der Waals surface area contributed by atoms with Crippen molar-refractivity contribution in [2.75, 3.05) is 0 Å². The van der Waals surface area contributed by atoms with Crippen LogP contribution < -0.4 is 5.32 Å². The van der Waals surface area contributed by atoms with E-state index < -0.39 is 6.10 Å². The monoisotopic (exact) mass is 223 g/mol. The number of carbonyl (C=O) groups is 1. The molecule has 1 aliphatic carbocycles. The third-order valence-electron chi connectivity index (χ3n) is 3.04. The summed E-state index contributed by atoms with van der Waals surface area (Å²) in [5, 5.41) is 12.6. The summed E-state index contributed by atoms with van der Waals surface area (Å²) in [5.41, 5.74) is 1.61. The Morgan fingerprint density at radius 1 is 1.50 bits per heavy atom. The number of nitrogens with one attached hydrogen (secondary N) is 1. The Bertz CT molecular complexity index is 395. The molecule has 0 saturated carbocycles. The highest BCUT2D eigenvalue weighted by atomic mass is 19.1. The first-order valence-electron chi connectivity index (χ1n) is 5.37. The summed E-state index contributed by atoms with van der Waals surface area (Å²) >= 11 is 0. The molecule has 0 aliphatic heterocycles. The van der Waals surface area contributed by atoms with E-state index in [-0.39, 0.29) is 11.9 Å². The molecule has 0 radical (unpaired) electrons. The first-order valence-corrected chi connectivity index (χ1v) is 5.37. The van der Waals surface area contributed by atoms with Gasteiger partial charge in [0, 0.05) is 6.04 Å². The average molecular weight is 223 g/mol. The lowest BCUT2D eigenvalue weighted by Crippen LogP contribution is -2.28. The van der Waals surface area contributed by atoms with Crippen LogP contribution in [0.1, 0.15) is 30.1 Å². The number of fused-ring (bicyclic) bond motifs is 1. The normalized spacial score (nSPS) is 24.4. The Labute approximate surface area is 93.3 Å². The summed E-state index contributed by atoms with van der Waals surface area (Å²) in [6.07, 6.45) is 1.90. The van der Waals surface area contributed by atoms with Crippen molar-refractivity contribution in [3.05, 3.63) is 35.1 Å². The molecular weight excluding hydrogens is 209 g/mol. The molecule has 3 nitrogen and oxygen atoms in total. The van der Waals surface area contributed by atoms with Gasteiger partial charge in [-0.1, -0.05) is 6.07 Å². The van der Waals surface area contributed by atoms with Crippen molar-refractivity contribution >= 4 is 6.41 Å². The van der Waals surface area contributed by atoms with Crippen LogP contribution >= 0.6 is 0 Å². The van der Waals surface area contributed by atoms with Crippen molar-refractivity contribution in [2.45, 2.75) is 31.4 Å². The van der Waals surface area contributed by atoms with Crippen molar-refractivity contribution in [3.63, 3.8) is 0 Å². The molecule has 0 heterocycles. The molecule has 16 heavy (non-hydrogen) atoms. The molecule has 86 valence electrons. The second-order valence-electron chi connectivity index (χ2n) is 4.11. The van der Waals surface area contributed by atoms with E-state index in [4.69, 9.17) is 0 Å². The summed E-state index contributed by atoms with van der Waals surface area (Å²) in [7, 11) is 0. The minimum Gasteiger partial charge on any atom is -0.388 e. The van der Waals surface area contributed by atoms with Crippen LogP contribution in [0.4, 0.5) is 4.39 Å². The third-order valence-corrected chi connectivity index (χ3v) is 3.04. The van der Waals surface area contributed by atoms with Gasteiger partial charge in [-0.15, -0.1) is 0 Å². The standard InChI is InChI=1S/C12H14FNO2/c13-9-3-1-8-2-4-10(14-7-15)6-12(16)11(8)5-9/h1,3,5,7,10,12,16H,2,4,6H2,(H,14,15). The molecule has 0 spiro atoms. The Kier molecular flexibility index (Phi) is 3.19. The van der Waals surface area contributed by atoms with E-state index in [0.717, 1.165) is 18.4 Å². The molecule has 4 heteroatoms. The van der Waals surface area contributed by atoms with Gasteiger partial charge in [0.15, 0.2) is 0 Å². The minimum atomic E-state index is -0.703. The number of hydrogen-bond acceptors (Lipinski definition) is 2. The maximum atomic E-state index is 13.1. The number of rotatable bonds is 2. The highest BCUT2D eigenvalue weighted by Gasteiger charge is 2.22. The van der Waals surface area contributed by atoms with Crippen molar-refractivity contribution < 1.29 is 14.3 Å². The number of halogens is 1. The lowest BCUT2D eigenvalue weighted by atomic mass is 10.0. The summed E-state index contributed by atoms with van der Waals surface area (Å²) in [6.45, 7) is 0. The van der Waals surface area contributed by atoms with E-state index in [1.807, 2.05) is 0 Å². The molecule has 1 aromatic rings. The third kappa shape index (κ3) is 2.22. The predicted octanol–water partition coefficient (Wildman–Crippen LogP) is 1.31. The number of aliphatic hydroxyl groups is 1. The van der Waals surface area contributed by atoms with Gasteiger partial charge in [0.1, 0.15) is 5.82 Å². The minimum absolute atomic E-state index is 0.0389. The first kappa shape index (κ1) is 11.1. The van der Waals surface area contributed by atoms with Crippen LogP contribution in [0.5, 0.6) is 0 Å². The lowest BCUT2D eigenvalue weighted by molar-refractivity contribution is -0.110. The lowest BCUT2D eigenvalue weighted by Gasteiger charge is -2.15. The predicted molar refractivity (Wildman–Crippen MR) is 57.3 cm³/mol. The van der Waals surface area contributed by atoms with E-state index in [1.165, 1.54) is 12.1 Å². The number of hydrogen-bond donors (Lipinski definition) is 2. The average Bonchev–Trinajstić information content (AvgIpc) is 2.40. The van der Waals surface area contributed by atoms with E-state index >= 15 is 0 Å². The number of carbonyl (C=O) groups excluding carboxylic acids is 1. The second-order valence-corrected chi connectivity index (χ2v) is 4.11. The van der Waals surface area contributed by atoms with Crippen LogP contribution in [0, 0.1) is 5.82 Å². The fourth-order valence-corrected chi connectivity index (χ4v) is 2.20. The SMILES string of the molecule is O=CNC1CCc2ccc(F)cc2C(O)C1. The van der Waals surface area contributed by atoms with Gasteiger partial charge < -0.3 is 10.4 Å². The zero-order valence-corrected chi connectivity index (χ0v) is 8.82. The Morgan fingerprint density at radius 2 is 2.31 bits per heavy atom. The summed E-state index contributed by atoms with van der Waals surface area (Å²) in [6, 6.07) is 4.45. The molecule has 0 aromatic heterocycles. The first-order chi connectivity index (χ1) is 7.70. The summed E-state index contributed by atoms with van der Waals surface area (Å²) in [5.74, 6) is -0.334. The molecule has 0 bridgehead atoms. The van der Waals surface area contributed by atoms with Gasteiger partial charge in [0.25, 0.3) is 0 Å². The fraction of sp³-hybridized carbons (Fsp3) is 0.417. The quantitative estimate of drug-likeness (QED) is 0.586. The van der Waals surface area contributed by atoms with Crippen LogP contribution in [0.15, 0.2) is 18.2 Å². The number of benzene rings is 1. The smallest absolute Gasteiger partial charge is 0.207 e. The Hall–Kier alpha value is -1.42. The molecule has 0 fully saturated rings. The van der Waals surface area contributed by atoms with E-state index in [9.17, 15) is 14.3 Å². The second kappa shape index (κ2) is 4.61. The van der Waals surface area contributed by atoms with Gasteiger partial charge in [0.2, 0.25) is 6.41 Å². The molecule has 1 amide bonds. The summed E-state index contributed by atoms with van der Waals surface area (Å²) in [4.78, 5) is 10.4. The molecule has 2 N–H and O–H groups in total. The van der Waals surface area contributed by atoms with Gasteiger partial charge in [-0.05, 0) is 42.5 Å². The van der Waals surface area contributed by atoms with Crippen LogP contribution in [0.3, 0.4) is 0 Å². The molecule has 2 unspecified atom stereocenters. The highest BCUT2D eigenvalue weighted by Crippen LogP contribution is 2.29. The largest absolute Gasteiger partial charge is 0.388 e. The van der Waals surface area contributed by atoms with Gasteiger partial charge in [-0.2, -0.15) is 0 Å². The highest BCUT2D eigenvalue weighted by molar-refractivity contribution is 5.47. The fourth-order valence-electron chi connectivity index (χ4n) is 2.20. The van der Waals surface area contributed by atoms with Gasteiger partial charge in [0.05, 0.1) is 6.10 Å². The molecule has 1 aromatic carbocycles. The van der Waals surface area contributed by atoms with Crippen molar-refractivity contribution in [1.82, 2.24) is 5.32 Å². The topological polar surface area (TPSA) is 49.3 Å². The summed E-state index contributed by atoms with van der Waals surface area (Å²) < 4.78 is 13.1. The van der Waals surface area contributed by atoms with Crippen molar-refractivity contribution in [2.24, 2.45) is 0 Å². The molecule has 0 saturated heterocycles. The number of aliphatic hydroxyl groups excluding tert-OH is 1. The molecule has 1 aliphatic rings. The van der Waals surface area contributed by atoms with Crippen LogP contribution in [-0.4, -0.2) is 17.6 Å². The molecule has 2 rings (SSSR count). The van der Waals surface area contributed by atoms with Gasteiger partial charge in [-0.25, -0.2) is 4.39 Å². The van der Waals surface area contributed by atoms with Crippen LogP contribution in [0.2, 0.25) is 0 Å². The van der Waals surface area contributed by atoms with Crippen molar-refractivity contribution in [1.29, 1.82) is 0 Å². The van der Waals surface area contributed by atoms with E-state index in [0.29, 0.717) is 18.4 Å². The maximum Gasteiger partial charge on any atom is 0.207 e. The Morgan fingerprint density at radius 3 is 3.06 bits per heavy atom. The number of aryl methyl sites for hydroxylation is 1. The molecular formula is C12H14FNO2. The van der Waals surface area contributed by atoms with Crippen LogP contribution in [0.25, 0.3) is 0 Å². The van der Waals surface area contributed by atoms with Gasteiger partial charge in [-0.3, -0.25) is 4.79 Å².